The monoisotopic (exact) mass is 320 g/mol. The molecule has 1 unspecified atom stereocenters. The Morgan fingerprint density at radius 3 is 2.83 bits per heavy atom. The molecule has 1 fully saturated rings. The number of hydrogen-bond acceptors (Lipinski definition) is 5. The fourth-order valence-corrected chi connectivity index (χ4v) is 2.51. The summed E-state index contributed by atoms with van der Waals surface area (Å²) in [6.07, 6.45) is 3.50. The first-order chi connectivity index (χ1) is 11.2. The average molecular weight is 320 g/mol. The van der Waals surface area contributed by atoms with Gasteiger partial charge in [0.25, 0.3) is 0 Å². The Morgan fingerprint density at radius 2 is 2.13 bits per heavy atom. The van der Waals surface area contributed by atoms with Crippen LogP contribution in [-0.2, 0) is 30.3 Å². The van der Waals surface area contributed by atoms with Crippen molar-refractivity contribution < 1.29 is 23.7 Å². The largest absolute Gasteiger partial charge is 0.463 e. The van der Waals surface area contributed by atoms with Crippen LogP contribution in [0.15, 0.2) is 42.5 Å². The third-order valence-corrected chi connectivity index (χ3v) is 3.66. The molecule has 3 atom stereocenters. The highest BCUT2D eigenvalue weighted by Gasteiger charge is 2.34. The molecule has 5 nitrogen and oxygen atoms in total. The van der Waals surface area contributed by atoms with Gasteiger partial charge in [-0.1, -0.05) is 30.3 Å². The molecule has 1 aromatic rings. The number of benzene rings is 1. The maximum Gasteiger partial charge on any atom is 0.330 e. The minimum atomic E-state index is -0.353. The van der Waals surface area contributed by atoms with E-state index >= 15 is 0 Å². The van der Waals surface area contributed by atoms with E-state index in [9.17, 15) is 4.79 Å². The number of ether oxygens (including phenoxy) is 4. The van der Waals surface area contributed by atoms with Crippen LogP contribution in [0.25, 0.3) is 0 Å². The molecule has 0 aromatic heterocycles. The van der Waals surface area contributed by atoms with Crippen molar-refractivity contribution in [2.75, 3.05) is 20.3 Å². The van der Waals surface area contributed by atoms with Crippen LogP contribution in [0.4, 0.5) is 0 Å². The van der Waals surface area contributed by atoms with Crippen LogP contribution in [0.2, 0.25) is 0 Å². The molecule has 0 spiro atoms. The molecule has 0 aliphatic carbocycles. The lowest BCUT2D eigenvalue weighted by molar-refractivity contribution is -0.137. The molecule has 1 aliphatic heterocycles. The molecular formula is C18H24O5. The van der Waals surface area contributed by atoms with Gasteiger partial charge in [0.05, 0.1) is 32.0 Å². The number of carbonyl (C=O) groups is 1. The predicted molar refractivity (Wildman–Crippen MR) is 85.9 cm³/mol. The smallest absolute Gasteiger partial charge is 0.330 e. The molecule has 1 heterocycles. The lowest BCUT2D eigenvalue weighted by atomic mass is 10.1. The Labute approximate surface area is 137 Å². The Bertz CT molecular complexity index is 499. The number of esters is 1. The van der Waals surface area contributed by atoms with Crippen LogP contribution >= 0.6 is 0 Å². The summed E-state index contributed by atoms with van der Waals surface area (Å²) in [7, 11) is 1.66. The van der Waals surface area contributed by atoms with Gasteiger partial charge in [-0.15, -0.1) is 0 Å². The molecule has 0 radical (unpaired) electrons. The second-order valence-corrected chi connectivity index (χ2v) is 5.33. The highest BCUT2D eigenvalue weighted by atomic mass is 16.6. The second-order valence-electron chi connectivity index (χ2n) is 5.33. The van der Waals surface area contributed by atoms with Crippen molar-refractivity contribution in [2.45, 2.75) is 38.3 Å². The van der Waals surface area contributed by atoms with Gasteiger partial charge in [-0.3, -0.25) is 0 Å². The van der Waals surface area contributed by atoms with Gasteiger partial charge in [0.2, 0.25) is 0 Å². The summed E-state index contributed by atoms with van der Waals surface area (Å²) < 4.78 is 21.9. The molecule has 5 heteroatoms. The molecule has 0 amide bonds. The summed E-state index contributed by atoms with van der Waals surface area (Å²) in [6.45, 7) is 3.14. The minimum absolute atomic E-state index is 0.0392. The van der Waals surface area contributed by atoms with Gasteiger partial charge in [-0.05, 0) is 18.6 Å². The van der Waals surface area contributed by atoms with Crippen LogP contribution in [0.3, 0.4) is 0 Å². The van der Waals surface area contributed by atoms with E-state index in [0.717, 1.165) is 5.56 Å². The van der Waals surface area contributed by atoms with Crippen LogP contribution < -0.4 is 0 Å². The van der Waals surface area contributed by atoms with Crippen molar-refractivity contribution in [2.24, 2.45) is 0 Å². The zero-order valence-corrected chi connectivity index (χ0v) is 13.6. The van der Waals surface area contributed by atoms with Gasteiger partial charge in [0.15, 0.2) is 0 Å². The van der Waals surface area contributed by atoms with E-state index in [1.54, 1.807) is 20.1 Å². The second kappa shape index (κ2) is 9.45. The van der Waals surface area contributed by atoms with Gasteiger partial charge in [-0.2, -0.15) is 0 Å². The fourth-order valence-electron chi connectivity index (χ4n) is 2.51. The van der Waals surface area contributed by atoms with Crippen LogP contribution in [0, 0.1) is 0 Å². The molecule has 126 valence electrons. The van der Waals surface area contributed by atoms with Gasteiger partial charge in [0, 0.05) is 19.6 Å². The Morgan fingerprint density at radius 1 is 1.35 bits per heavy atom. The number of carbonyl (C=O) groups excluding carboxylic acids is 1. The highest BCUT2D eigenvalue weighted by Crippen LogP contribution is 2.24. The Balaban J connectivity index is 1.78. The molecular weight excluding hydrogens is 296 g/mol. The zero-order valence-electron chi connectivity index (χ0n) is 13.6. The van der Waals surface area contributed by atoms with Crippen LogP contribution in [0.5, 0.6) is 0 Å². The number of hydrogen-bond donors (Lipinski definition) is 0. The third kappa shape index (κ3) is 5.78. The SMILES string of the molecule is CCOC(=O)/C=C/C1C[C@H](OC)[C@@H](COCc2ccccc2)O1. The first-order valence-electron chi connectivity index (χ1n) is 7.87. The average Bonchev–Trinajstić information content (AvgIpc) is 2.96. The summed E-state index contributed by atoms with van der Waals surface area (Å²) in [5.41, 5.74) is 1.12. The first-order valence-corrected chi connectivity index (χ1v) is 7.87. The normalized spacial score (nSPS) is 24.2. The molecule has 1 saturated heterocycles. The van der Waals surface area contributed by atoms with Crippen molar-refractivity contribution in [3.63, 3.8) is 0 Å². The topological polar surface area (TPSA) is 54.0 Å². The zero-order chi connectivity index (χ0) is 16.5. The van der Waals surface area contributed by atoms with Gasteiger partial charge in [0.1, 0.15) is 6.10 Å². The molecule has 0 bridgehead atoms. The summed E-state index contributed by atoms with van der Waals surface area (Å²) >= 11 is 0. The van der Waals surface area contributed by atoms with E-state index in [2.05, 4.69) is 0 Å². The Kier molecular flexibility index (Phi) is 7.26. The van der Waals surface area contributed by atoms with Crippen molar-refractivity contribution in [1.29, 1.82) is 0 Å². The van der Waals surface area contributed by atoms with Crippen molar-refractivity contribution in [1.82, 2.24) is 0 Å². The van der Waals surface area contributed by atoms with Crippen molar-refractivity contribution in [3.8, 4) is 0 Å². The van der Waals surface area contributed by atoms with Gasteiger partial charge < -0.3 is 18.9 Å². The minimum Gasteiger partial charge on any atom is -0.463 e. The van der Waals surface area contributed by atoms with E-state index < -0.39 is 0 Å². The molecule has 0 N–H and O–H groups in total. The van der Waals surface area contributed by atoms with E-state index in [0.29, 0.717) is 26.2 Å². The van der Waals surface area contributed by atoms with E-state index in [4.69, 9.17) is 18.9 Å². The van der Waals surface area contributed by atoms with Gasteiger partial charge in [-0.25, -0.2) is 4.79 Å². The molecule has 1 aromatic carbocycles. The van der Waals surface area contributed by atoms with Crippen molar-refractivity contribution in [3.05, 3.63) is 48.0 Å². The number of methoxy groups -OCH3 is 1. The van der Waals surface area contributed by atoms with Gasteiger partial charge >= 0.3 is 5.97 Å². The van der Waals surface area contributed by atoms with E-state index in [1.165, 1.54) is 6.08 Å². The maximum absolute atomic E-state index is 11.3. The third-order valence-electron chi connectivity index (χ3n) is 3.66. The molecule has 0 saturated carbocycles. The standard InChI is InChI=1S/C18H24O5/c1-3-22-18(19)10-9-15-11-16(20-2)17(23-15)13-21-12-14-7-5-4-6-8-14/h4-10,15-17H,3,11-13H2,1-2H3/b10-9+/t15?,16-,17+/m0/s1. The number of rotatable bonds is 8. The van der Waals surface area contributed by atoms with Crippen LogP contribution in [-0.4, -0.2) is 44.6 Å². The quantitative estimate of drug-likeness (QED) is 0.544. The molecule has 23 heavy (non-hydrogen) atoms. The molecule has 2 rings (SSSR count). The lowest BCUT2D eigenvalue weighted by Gasteiger charge is -2.17. The van der Waals surface area contributed by atoms with Crippen molar-refractivity contribution >= 4 is 5.97 Å². The molecule has 1 aliphatic rings. The summed E-state index contributed by atoms with van der Waals surface area (Å²) in [4.78, 5) is 11.3. The summed E-state index contributed by atoms with van der Waals surface area (Å²) in [6, 6.07) is 9.99. The maximum atomic E-state index is 11.3. The highest BCUT2D eigenvalue weighted by molar-refractivity contribution is 5.81. The Hall–Kier alpha value is -1.69. The van der Waals surface area contributed by atoms with Crippen LogP contribution in [0.1, 0.15) is 18.9 Å². The predicted octanol–water partition coefficient (Wildman–Crippen LogP) is 2.50. The lowest BCUT2D eigenvalue weighted by Crippen LogP contribution is -2.28. The summed E-state index contributed by atoms with van der Waals surface area (Å²) in [5, 5.41) is 0. The fraction of sp³-hybridized carbons (Fsp3) is 0.500. The van der Waals surface area contributed by atoms with E-state index in [1.807, 2.05) is 30.3 Å². The van der Waals surface area contributed by atoms with E-state index in [-0.39, 0.29) is 24.3 Å². The first kappa shape index (κ1) is 17.7. The summed E-state index contributed by atoms with van der Waals surface area (Å²) in [5.74, 6) is -0.353.